The minimum atomic E-state index is -5.19. The van der Waals surface area contributed by atoms with E-state index in [1.807, 2.05) is 11.8 Å². The Morgan fingerprint density at radius 2 is 1.65 bits per heavy atom. The van der Waals surface area contributed by atoms with Gasteiger partial charge in [0.25, 0.3) is 0 Å². The first-order valence-corrected chi connectivity index (χ1v) is 9.94. The molecule has 4 saturated carbocycles. The molecule has 4 fully saturated rings. The maximum atomic E-state index is 10.5. The highest BCUT2D eigenvalue weighted by atomic mass is 32.2. The molecule has 0 atom stereocenters. The van der Waals surface area contributed by atoms with Gasteiger partial charge >= 0.3 is 6.18 Å². The molecule has 0 radical (unpaired) electrons. The van der Waals surface area contributed by atoms with Crippen LogP contribution in [0, 0.1) is 17.8 Å². The molecule has 0 N–H and O–H groups in total. The summed E-state index contributed by atoms with van der Waals surface area (Å²) in [5.41, 5.74) is 0.378. The van der Waals surface area contributed by atoms with Crippen molar-refractivity contribution in [3.8, 4) is 0 Å². The van der Waals surface area contributed by atoms with Gasteiger partial charge in [-0.1, -0.05) is 18.7 Å². The Kier molecular flexibility index (Phi) is 5.29. The number of carboxylic acid groups (broad SMARTS) is 1. The normalized spacial score (nSPS) is 32.3. The van der Waals surface area contributed by atoms with Crippen LogP contribution in [0.1, 0.15) is 51.3 Å². The maximum Gasteiger partial charge on any atom is 0.430 e. The van der Waals surface area contributed by atoms with E-state index in [2.05, 4.69) is 28.7 Å². The Morgan fingerprint density at radius 1 is 1.19 bits per heavy atom. The second kappa shape index (κ2) is 7.05. The second-order valence-electron chi connectivity index (χ2n) is 7.78. The van der Waals surface area contributed by atoms with Crippen molar-refractivity contribution in [2.75, 3.05) is 5.75 Å². The molecule has 0 spiro atoms. The molecule has 4 aliphatic rings. The molecular weight excluding hydrogens is 367 g/mol. The lowest BCUT2D eigenvalue weighted by molar-refractivity contribution is -0.344. The van der Waals surface area contributed by atoms with E-state index < -0.39 is 12.1 Å². The van der Waals surface area contributed by atoms with Crippen LogP contribution in [0.25, 0.3) is 0 Å². The topological polar surface area (TPSA) is 70.8 Å². The average Bonchev–Trinajstić information content (AvgIpc) is 2.88. The van der Waals surface area contributed by atoms with Crippen LogP contribution < -0.4 is 5.11 Å². The SMILES string of the molecule is CCSc1nnc(C23CC4CC(CC(C4)C2)C3)n1C.O=C([O-])C(F)(F)F. The van der Waals surface area contributed by atoms with Gasteiger partial charge in [0.1, 0.15) is 11.8 Å². The van der Waals surface area contributed by atoms with Crippen molar-refractivity contribution in [3.63, 3.8) is 0 Å². The van der Waals surface area contributed by atoms with Crippen LogP contribution in [0.2, 0.25) is 0 Å². The van der Waals surface area contributed by atoms with E-state index in [1.165, 1.54) is 44.3 Å². The van der Waals surface area contributed by atoms with Crippen LogP contribution in [-0.4, -0.2) is 32.7 Å². The number of carbonyl (C=O) groups excluding carboxylic acids is 1. The van der Waals surface area contributed by atoms with Gasteiger partial charge < -0.3 is 14.5 Å². The Bertz CT molecular complexity index is 639. The average molecular weight is 390 g/mol. The standard InChI is InChI=1S/C15H23N3S.C2HF3O2/c1-3-19-14-17-16-13(18(14)2)15-7-10-4-11(8-15)6-12(5-10)9-15;3-2(4,5)1(6)7/h10-12H,3-9H2,1-2H3;(H,6,7)/p-1. The van der Waals surface area contributed by atoms with Crippen LogP contribution in [0.4, 0.5) is 13.2 Å². The van der Waals surface area contributed by atoms with Crippen LogP contribution in [0.15, 0.2) is 5.16 Å². The minimum absolute atomic E-state index is 0.378. The molecule has 0 aromatic carbocycles. The van der Waals surface area contributed by atoms with Gasteiger partial charge in [-0.2, -0.15) is 13.2 Å². The molecule has 0 saturated heterocycles. The minimum Gasteiger partial charge on any atom is -0.542 e. The van der Waals surface area contributed by atoms with Gasteiger partial charge in [-0.25, -0.2) is 0 Å². The third-order valence-corrected chi connectivity index (χ3v) is 6.75. The summed E-state index contributed by atoms with van der Waals surface area (Å²) < 4.78 is 33.8. The Hall–Kier alpha value is -1.25. The number of aliphatic carboxylic acids is 1. The number of hydrogen-bond acceptors (Lipinski definition) is 5. The molecule has 5 nitrogen and oxygen atoms in total. The van der Waals surface area contributed by atoms with E-state index in [-0.39, 0.29) is 0 Å². The third kappa shape index (κ3) is 3.73. The summed E-state index contributed by atoms with van der Waals surface area (Å²) in [6.07, 6.45) is 3.42. The molecule has 4 aliphatic carbocycles. The molecule has 1 aromatic heterocycles. The van der Waals surface area contributed by atoms with Crippen LogP contribution in [-0.2, 0) is 17.3 Å². The molecule has 4 bridgehead atoms. The number of halogens is 3. The van der Waals surface area contributed by atoms with E-state index in [4.69, 9.17) is 9.90 Å². The number of thioether (sulfide) groups is 1. The molecule has 0 aliphatic heterocycles. The molecule has 1 heterocycles. The van der Waals surface area contributed by atoms with Crippen LogP contribution in [0.3, 0.4) is 0 Å². The van der Waals surface area contributed by atoms with Gasteiger partial charge in [0.15, 0.2) is 5.16 Å². The van der Waals surface area contributed by atoms with Crippen molar-refractivity contribution < 1.29 is 23.1 Å². The summed E-state index contributed by atoms with van der Waals surface area (Å²) >= 11 is 1.82. The zero-order valence-corrected chi connectivity index (χ0v) is 15.7. The monoisotopic (exact) mass is 390 g/mol. The van der Waals surface area contributed by atoms with Crippen molar-refractivity contribution in [3.05, 3.63) is 5.82 Å². The zero-order chi connectivity index (χ0) is 19.1. The first kappa shape index (κ1) is 19.5. The highest BCUT2D eigenvalue weighted by molar-refractivity contribution is 7.99. The fourth-order valence-corrected chi connectivity index (χ4v) is 6.05. The van der Waals surface area contributed by atoms with E-state index >= 15 is 0 Å². The summed E-state index contributed by atoms with van der Waals surface area (Å²) in [5, 5.41) is 18.9. The number of rotatable bonds is 3. The number of nitrogens with zero attached hydrogens (tertiary/aromatic N) is 3. The predicted molar refractivity (Wildman–Crippen MR) is 88.3 cm³/mol. The third-order valence-electron chi connectivity index (χ3n) is 5.85. The smallest absolute Gasteiger partial charge is 0.430 e. The van der Waals surface area contributed by atoms with Crippen LogP contribution in [0.5, 0.6) is 0 Å². The summed E-state index contributed by atoms with van der Waals surface area (Å²) in [6, 6.07) is 0. The van der Waals surface area contributed by atoms with Gasteiger partial charge in [0.2, 0.25) is 0 Å². The maximum absolute atomic E-state index is 10.5. The fraction of sp³-hybridized carbons (Fsp3) is 0.824. The molecule has 9 heteroatoms. The Morgan fingerprint density at radius 3 is 2.04 bits per heavy atom. The highest BCUT2D eigenvalue weighted by Gasteiger charge is 2.53. The van der Waals surface area contributed by atoms with Gasteiger partial charge in [0, 0.05) is 12.5 Å². The van der Waals surface area contributed by atoms with E-state index in [1.54, 1.807) is 0 Å². The lowest BCUT2D eigenvalue weighted by Crippen LogP contribution is -2.49. The predicted octanol–water partition coefficient (Wildman–Crippen LogP) is 2.69. The largest absolute Gasteiger partial charge is 0.542 e. The molecule has 5 rings (SSSR count). The van der Waals surface area contributed by atoms with Crippen LogP contribution >= 0.6 is 11.8 Å². The first-order valence-electron chi connectivity index (χ1n) is 8.95. The fourth-order valence-electron chi connectivity index (χ4n) is 5.42. The summed E-state index contributed by atoms with van der Waals surface area (Å²) in [4.78, 5) is 8.78. The molecule has 0 amide bonds. The van der Waals surface area contributed by atoms with Gasteiger partial charge in [-0.05, 0) is 62.0 Å². The van der Waals surface area contributed by atoms with Gasteiger partial charge in [-0.3, -0.25) is 0 Å². The Labute approximate surface area is 154 Å². The lowest BCUT2D eigenvalue weighted by atomic mass is 9.49. The van der Waals surface area contributed by atoms with Crippen molar-refractivity contribution in [1.29, 1.82) is 0 Å². The number of carboxylic acids is 1. The zero-order valence-electron chi connectivity index (χ0n) is 14.9. The summed E-state index contributed by atoms with van der Waals surface area (Å²) in [6.45, 7) is 2.18. The molecule has 26 heavy (non-hydrogen) atoms. The van der Waals surface area contributed by atoms with E-state index in [9.17, 15) is 13.2 Å². The molecule has 146 valence electrons. The first-order chi connectivity index (χ1) is 12.1. The number of alkyl halides is 3. The van der Waals surface area contributed by atoms with Crippen molar-refractivity contribution in [2.24, 2.45) is 24.8 Å². The number of hydrogen-bond donors (Lipinski definition) is 0. The highest BCUT2D eigenvalue weighted by Crippen LogP contribution is 2.60. The second-order valence-corrected chi connectivity index (χ2v) is 9.01. The van der Waals surface area contributed by atoms with E-state index in [0.717, 1.165) is 28.7 Å². The van der Waals surface area contributed by atoms with Gasteiger partial charge in [0.05, 0.1) is 0 Å². The summed E-state index contributed by atoms with van der Waals surface area (Å²) in [7, 11) is 2.17. The van der Waals surface area contributed by atoms with Crippen molar-refractivity contribution in [2.45, 2.75) is 62.2 Å². The molecule has 0 unspecified atom stereocenters. The van der Waals surface area contributed by atoms with E-state index in [0.29, 0.717) is 5.41 Å². The number of carbonyl (C=O) groups is 1. The summed E-state index contributed by atoms with van der Waals surface area (Å²) in [5.74, 6) is 2.29. The lowest BCUT2D eigenvalue weighted by Gasteiger charge is -2.56. The molecule has 1 aromatic rings. The molecular formula is C17H23F3N3O2S-. The Balaban J connectivity index is 0.000000242. The van der Waals surface area contributed by atoms with Crippen molar-refractivity contribution >= 4 is 17.7 Å². The quantitative estimate of drug-likeness (QED) is 0.742. The van der Waals surface area contributed by atoms with Crippen molar-refractivity contribution in [1.82, 2.24) is 14.8 Å². The number of aromatic nitrogens is 3. The van der Waals surface area contributed by atoms with Gasteiger partial charge in [-0.15, -0.1) is 10.2 Å².